The fourth-order valence-electron chi connectivity index (χ4n) is 3.19. The van der Waals surface area contributed by atoms with E-state index in [1.807, 2.05) is 42.5 Å². The van der Waals surface area contributed by atoms with Crippen molar-refractivity contribution < 1.29 is 4.79 Å². The molecule has 3 N–H and O–H groups in total. The highest BCUT2D eigenvalue weighted by molar-refractivity contribution is 5.95. The maximum Gasteiger partial charge on any atom is 0.251 e. The van der Waals surface area contributed by atoms with Crippen molar-refractivity contribution in [2.45, 2.75) is 31.2 Å². The lowest BCUT2D eigenvalue weighted by molar-refractivity contribution is 0.0903. The van der Waals surface area contributed by atoms with E-state index >= 15 is 0 Å². The molecule has 2 aromatic carbocycles. The van der Waals surface area contributed by atoms with Gasteiger partial charge in [0.15, 0.2) is 0 Å². The predicted molar refractivity (Wildman–Crippen MR) is 89.6 cm³/mol. The molecule has 2 aromatic rings. The molecule has 1 amide bonds. The zero-order valence-electron chi connectivity index (χ0n) is 12.7. The molecule has 1 fully saturated rings. The quantitative estimate of drug-likeness (QED) is 0.908. The first-order valence-electron chi connectivity index (χ1n) is 7.91. The highest BCUT2D eigenvalue weighted by atomic mass is 16.1. The summed E-state index contributed by atoms with van der Waals surface area (Å²) in [4.78, 5) is 12.4. The van der Waals surface area contributed by atoms with E-state index in [4.69, 9.17) is 5.73 Å². The van der Waals surface area contributed by atoms with Crippen LogP contribution in [0.1, 0.15) is 36.0 Å². The Morgan fingerprint density at radius 2 is 1.55 bits per heavy atom. The second kappa shape index (κ2) is 6.32. The molecular formula is C19H22N2O. The molecule has 3 rings (SSSR count). The summed E-state index contributed by atoms with van der Waals surface area (Å²) >= 11 is 0. The van der Waals surface area contributed by atoms with Gasteiger partial charge in [-0.25, -0.2) is 0 Å². The van der Waals surface area contributed by atoms with Gasteiger partial charge in [0.25, 0.3) is 5.91 Å². The maximum absolute atomic E-state index is 12.4. The van der Waals surface area contributed by atoms with Gasteiger partial charge in [-0.3, -0.25) is 4.79 Å². The van der Waals surface area contributed by atoms with Crippen molar-refractivity contribution >= 4 is 5.91 Å². The number of nitrogens with two attached hydrogens (primary N) is 1. The standard InChI is InChI=1S/C19H22N2O/c20-14-19(12-4-5-13-19)21-18(22)17-10-8-16(9-11-17)15-6-2-1-3-7-15/h1-3,6-11H,4-5,12-14,20H2,(H,21,22). The monoisotopic (exact) mass is 294 g/mol. The van der Waals surface area contributed by atoms with Gasteiger partial charge in [-0.05, 0) is 36.1 Å². The first-order chi connectivity index (χ1) is 10.7. The van der Waals surface area contributed by atoms with Crippen LogP contribution in [-0.4, -0.2) is 18.0 Å². The Balaban J connectivity index is 1.74. The van der Waals surface area contributed by atoms with Crippen molar-refractivity contribution in [3.05, 3.63) is 60.2 Å². The first-order valence-corrected chi connectivity index (χ1v) is 7.91. The van der Waals surface area contributed by atoms with E-state index in [0.717, 1.165) is 36.8 Å². The van der Waals surface area contributed by atoms with E-state index in [2.05, 4.69) is 17.4 Å². The highest BCUT2D eigenvalue weighted by Gasteiger charge is 2.33. The van der Waals surface area contributed by atoms with Crippen LogP contribution >= 0.6 is 0 Å². The molecule has 0 atom stereocenters. The Bertz CT molecular complexity index is 628. The minimum absolute atomic E-state index is 0.0213. The molecule has 1 aliphatic rings. The molecule has 0 spiro atoms. The predicted octanol–water partition coefficient (Wildman–Crippen LogP) is 3.35. The molecule has 1 saturated carbocycles. The smallest absolute Gasteiger partial charge is 0.251 e. The molecule has 0 aliphatic heterocycles. The van der Waals surface area contributed by atoms with E-state index in [-0.39, 0.29) is 11.4 Å². The Kier molecular flexibility index (Phi) is 4.25. The fourth-order valence-corrected chi connectivity index (χ4v) is 3.19. The molecule has 3 nitrogen and oxygen atoms in total. The number of hydrogen-bond acceptors (Lipinski definition) is 2. The summed E-state index contributed by atoms with van der Waals surface area (Å²) in [5, 5.41) is 3.15. The maximum atomic E-state index is 12.4. The third-order valence-electron chi connectivity index (χ3n) is 4.58. The van der Waals surface area contributed by atoms with Gasteiger partial charge in [-0.2, -0.15) is 0 Å². The molecule has 0 unspecified atom stereocenters. The number of hydrogen-bond donors (Lipinski definition) is 2. The molecule has 0 saturated heterocycles. The van der Waals surface area contributed by atoms with E-state index in [0.29, 0.717) is 12.1 Å². The van der Waals surface area contributed by atoms with Crippen LogP contribution in [0.25, 0.3) is 11.1 Å². The number of carbonyl (C=O) groups excluding carboxylic acids is 1. The van der Waals surface area contributed by atoms with Crippen molar-refractivity contribution in [2.24, 2.45) is 5.73 Å². The van der Waals surface area contributed by atoms with Crippen molar-refractivity contribution in [3.8, 4) is 11.1 Å². The van der Waals surface area contributed by atoms with Crippen LogP contribution < -0.4 is 11.1 Å². The largest absolute Gasteiger partial charge is 0.345 e. The Morgan fingerprint density at radius 3 is 2.14 bits per heavy atom. The summed E-state index contributed by atoms with van der Waals surface area (Å²) in [5.41, 5.74) is 8.65. The second-order valence-electron chi connectivity index (χ2n) is 6.09. The fraction of sp³-hybridized carbons (Fsp3) is 0.316. The van der Waals surface area contributed by atoms with Gasteiger partial charge in [-0.1, -0.05) is 55.3 Å². The summed E-state index contributed by atoms with van der Waals surface area (Å²) in [7, 11) is 0. The Hall–Kier alpha value is -2.13. The number of benzene rings is 2. The Morgan fingerprint density at radius 1 is 0.955 bits per heavy atom. The van der Waals surface area contributed by atoms with Crippen LogP contribution in [0.3, 0.4) is 0 Å². The van der Waals surface area contributed by atoms with Crippen molar-refractivity contribution in [1.29, 1.82) is 0 Å². The van der Waals surface area contributed by atoms with Crippen molar-refractivity contribution in [1.82, 2.24) is 5.32 Å². The topological polar surface area (TPSA) is 55.1 Å². The molecule has 114 valence electrons. The second-order valence-corrected chi connectivity index (χ2v) is 6.09. The van der Waals surface area contributed by atoms with Gasteiger partial charge < -0.3 is 11.1 Å². The summed E-state index contributed by atoms with van der Waals surface area (Å²) in [6.45, 7) is 0.515. The SMILES string of the molecule is NCC1(NC(=O)c2ccc(-c3ccccc3)cc2)CCCC1. The van der Waals surface area contributed by atoms with Crippen LogP contribution in [0.15, 0.2) is 54.6 Å². The van der Waals surface area contributed by atoms with Gasteiger partial charge in [0.2, 0.25) is 0 Å². The van der Waals surface area contributed by atoms with Crippen LogP contribution in [-0.2, 0) is 0 Å². The van der Waals surface area contributed by atoms with Gasteiger partial charge >= 0.3 is 0 Å². The molecule has 0 aromatic heterocycles. The molecule has 3 heteroatoms. The van der Waals surface area contributed by atoms with Crippen LogP contribution in [0.4, 0.5) is 0 Å². The van der Waals surface area contributed by atoms with E-state index < -0.39 is 0 Å². The zero-order chi connectivity index (χ0) is 15.4. The van der Waals surface area contributed by atoms with Gasteiger partial charge in [0.1, 0.15) is 0 Å². The number of rotatable bonds is 4. The summed E-state index contributed by atoms with van der Waals surface area (Å²) in [6, 6.07) is 17.9. The molecule has 0 radical (unpaired) electrons. The summed E-state index contributed by atoms with van der Waals surface area (Å²) < 4.78 is 0. The van der Waals surface area contributed by atoms with Gasteiger partial charge in [0.05, 0.1) is 5.54 Å². The lowest BCUT2D eigenvalue weighted by atomic mass is 9.97. The highest BCUT2D eigenvalue weighted by Crippen LogP contribution is 2.29. The molecule has 1 aliphatic carbocycles. The zero-order valence-corrected chi connectivity index (χ0v) is 12.7. The number of carbonyl (C=O) groups is 1. The normalized spacial score (nSPS) is 16.4. The minimum atomic E-state index is -0.199. The average molecular weight is 294 g/mol. The van der Waals surface area contributed by atoms with Gasteiger partial charge in [0, 0.05) is 12.1 Å². The molecule has 0 heterocycles. The summed E-state index contributed by atoms with van der Waals surface area (Å²) in [5.74, 6) is -0.0213. The first kappa shape index (κ1) is 14.8. The van der Waals surface area contributed by atoms with Crippen LogP contribution in [0, 0.1) is 0 Å². The van der Waals surface area contributed by atoms with E-state index in [9.17, 15) is 4.79 Å². The number of amides is 1. The van der Waals surface area contributed by atoms with Crippen LogP contribution in [0.5, 0.6) is 0 Å². The van der Waals surface area contributed by atoms with Crippen molar-refractivity contribution in [2.75, 3.05) is 6.54 Å². The molecule has 0 bridgehead atoms. The number of nitrogens with one attached hydrogen (secondary N) is 1. The minimum Gasteiger partial charge on any atom is -0.345 e. The summed E-state index contributed by atoms with van der Waals surface area (Å²) in [6.07, 6.45) is 4.25. The lowest BCUT2D eigenvalue weighted by Gasteiger charge is -2.28. The van der Waals surface area contributed by atoms with Crippen molar-refractivity contribution in [3.63, 3.8) is 0 Å². The van der Waals surface area contributed by atoms with E-state index in [1.54, 1.807) is 0 Å². The molecular weight excluding hydrogens is 272 g/mol. The Labute approximate surface area is 131 Å². The van der Waals surface area contributed by atoms with Gasteiger partial charge in [-0.15, -0.1) is 0 Å². The lowest BCUT2D eigenvalue weighted by Crippen LogP contribution is -2.51. The third kappa shape index (κ3) is 3.04. The third-order valence-corrected chi connectivity index (χ3v) is 4.58. The van der Waals surface area contributed by atoms with E-state index in [1.165, 1.54) is 0 Å². The van der Waals surface area contributed by atoms with Crippen LogP contribution in [0.2, 0.25) is 0 Å². The average Bonchev–Trinajstić information content (AvgIpc) is 3.05. The molecule has 22 heavy (non-hydrogen) atoms.